The van der Waals surface area contributed by atoms with Crippen molar-refractivity contribution in [2.45, 2.75) is 45.1 Å². The second kappa shape index (κ2) is 6.04. The molecular weight excluding hydrogens is 255 g/mol. The largest absolute Gasteiger partial charge is 0.354 e. The van der Waals surface area contributed by atoms with Crippen LogP contribution in [0.3, 0.4) is 0 Å². The maximum Gasteiger partial charge on any atom is 0.187 e. The molecular formula is C15H23FN4. The molecule has 1 unspecified atom stereocenters. The molecule has 1 saturated heterocycles. The van der Waals surface area contributed by atoms with Gasteiger partial charge in [0.15, 0.2) is 11.6 Å². The first-order valence-electron chi connectivity index (χ1n) is 7.75. The van der Waals surface area contributed by atoms with Crippen LogP contribution in [0.15, 0.2) is 6.33 Å². The molecule has 20 heavy (non-hydrogen) atoms. The molecule has 1 aromatic rings. The van der Waals surface area contributed by atoms with E-state index in [1.54, 1.807) is 0 Å². The van der Waals surface area contributed by atoms with Crippen LogP contribution in [0, 0.1) is 11.7 Å². The summed E-state index contributed by atoms with van der Waals surface area (Å²) >= 11 is 0. The molecule has 2 aliphatic rings. The van der Waals surface area contributed by atoms with E-state index < -0.39 is 0 Å². The molecule has 5 heteroatoms. The zero-order valence-corrected chi connectivity index (χ0v) is 12.1. The van der Waals surface area contributed by atoms with Crippen LogP contribution in [0.4, 0.5) is 10.2 Å². The van der Waals surface area contributed by atoms with Crippen molar-refractivity contribution in [2.24, 2.45) is 5.92 Å². The van der Waals surface area contributed by atoms with E-state index in [2.05, 4.69) is 20.2 Å². The Balaban J connectivity index is 1.66. The molecule has 1 N–H and O–H groups in total. The molecule has 1 aromatic heterocycles. The Hall–Kier alpha value is -1.23. The first-order chi connectivity index (χ1) is 9.78. The number of nitrogens with one attached hydrogen (secondary N) is 1. The Kier molecular flexibility index (Phi) is 4.15. The zero-order valence-electron chi connectivity index (χ0n) is 12.1. The number of halogens is 1. The Morgan fingerprint density at radius 1 is 1.35 bits per heavy atom. The molecule has 0 radical (unpaired) electrons. The second-order valence-electron chi connectivity index (χ2n) is 5.95. The van der Waals surface area contributed by atoms with E-state index >= 15 is 0 Å². The van der Waals surface area contributed by atoms with E-state index in [9.17, 15) is 4.39 Å². The molecule has 1 atom stereocenters. The average molecular weight is 278 g/mol. The summed E-state index contributed by atoms with van der Waals surface area (Å²) in [6, 6.07) is 0.743. The lowest BCUT2D eigenvalue weighted by molar-refractivity contribution is 0.386. The van der Waals surface area contributed by atoms with E-state index in [1.165, 1.54) is 25.6 Å². The van der Waals surface area contributed by atoms with Gasteiger partial charge >= 0.3 is 0 Å². The summed E-state index contributed by atoms with van der Waals surface area (Å²) in [7, 11) is 0. The summed E-state index contributed by atoms with van der Waals surface area (Å²) in [6.45, 7) is 4.77. The van der Waals surface area contributed by atoms with Crippen molar-refractivity contribution < 1.29 is 4.39 Å². The number of hydrogen-bond acceptors (Lipinski definition) is 4. The lowest BCUT2D eigenvalue weighted by atomic mass is 9.98. The van der Waals surface area contributed by atoms with Crippen LogP contribution in [0.25, 0.3) is 0 Å². The third kappa shape index (κ3) is 3.08. The molecule has 2 heterocycles. The summed E-state index contributed by atoms with van der Waals surface area (Å²) in [5, 5.41) is 3.58. The van der Waals surface area contributed by atoms with Crippen molar-refractivity contribution in [3.05, 3.63) is 17.8 Å². The Labute approximate surface area is 119 Å². The van der Waals surface area contributed by atoms with Gasteiger partial charge in [-0.1, -0.05) is 6.92 Å². The van der Waals surface area contributed by atoms with Crippen LogP contribution in [0.2, 0.25) is 0 Å². The molecule has 1 aliphatic heterocycles. The minimum absolute atomic E-state index is 0.231. The molecule has 0 bridgehead atoms. The Morgan fingerprint density at radius 2 is 2.20 bits per heavy atom. The highest BCUT2D eigenvalue weighted by atomic mass is 19.1. The fraction of sp³-hybridized carbons (Fsp3) is 0.733. The van der Waals surface area contributed by atoms with Crippen molar-refractivity contribution >= 4 is 5.82 Å². The number of hydrogen-bond donors (Lipinski definition) is 1. The van der Waals surface area contributed by atoms with Crippen molar-refractivity contribution in [3.8, 4) is 0 Å². The van der Waals surface area contributed by atoms with Crippen LogP contribution in [0.1, 0.15) is 38.3 Å². The lowest BCUT2D eigenvalue weighted by Gasteiger charge is -2.34. The third-order valence-electron chi connectivity index (χ3n) is 4.27. The lowest BCUT2D eigenvalue weighted by Crippen LogP contribution is -2.41. The molecule has 1 aliphatic carbocycles. The summed E-state index contributed by atoms with van der Waals surface area (Å²) in [5.41, 5.74) is 0.522. The topological polar surface area (TPSA) is 41.1 Å². The number of piperidine rings is 1. The van der Waals surface area contributed by atoms with E-state index in [-0.39, 0.29) is 5.82 Å². The monoisotopic (exact) mass is 278 g/mol. The van der Waals surface area contributed by atoms with E-state index in [4.69, 9.17) is 0 Å². The first-order valence-corrected chi connectivity index (χ1v) is 7.75. The molecule has 0 spiro atoms. The van der Waals surface area contributed by atoms with Crippen LogP contribution in [0.5, 0.6) is 0 Å². The smallest absolute Gasteiger partial charge is 0.187 e. The minimum atomic E-state index is -0.231. The second-order valence-corrected chi connectivity index (χ2v) is 5.95. The highest BCUT2D eigenvalue weighted by molar-refractivity contribution is 5.41. The average Bonchev–Trinajstić information content (AvgIpc) is 3.30. The van der Waals surface area contributed by atoms with Crippen molar-refractivity contribution in [1.82, 2.24) is 15.3 Å². The van der Waals surface area contributed by atoms with E-state index in [0.717, 1.165) is 32.1 Å². The quantitative estimate of drug-likeness (QED) is 0.896. The van der Waals surface area contributed by atoms with Gasteiger partial charge in [-0.05, 0) is 44.6 Å². The molecule has 2 fully saturated rings. The zero-order chi connectivity index (χ0) is 13.9. The number of rotatable bonds is 5. The number of aryl methyl sites for hydroxylation is 1. The minimum Gasteiger partial charge on any atom is -0.354 e. The molecule has 1 saturated carbocycles. The SMILES string of the molecule is CCc1ncnc(N2CCCC(CNC3CC3)C2)c1F. The van der Waals surface area contributed by atoms with Gasteiger partial charge in [0.25, 0.3) is 0 Å². The Morgan fingerprint density at radius 3 is 2.95 bits per heavy atom. The van der Waals surface area contributed by atoms with Gasteiger partial charge in [0, 0.05) is 19.1 Å². The number of nitrogens with zero attached hydrogens (tertiary/aromatic N) is 3. The molecule has 0 amide bonds. The van der Waals surface area contributed by atoms with E-state index in [0.29, 0.717) is 23.9 Å². The standard InChI is InChI=1S/C15H23FN4/c1-2-13-14(16)15(19-10-18-13)20-7-3-4-11(9-20)8-17-12-5-6-12/h10-12,17H,2-9H2,1H3. The summed E-state index contributed by atoms with van der Waals surface area (Å²) in [4.78, 5) is 10.3. The van der Waals surface area contributed by atoms with Crippen LogP contribution in [-0.4, -0.2) is 35.6 Å². The van der Waals surface area contributed by atoms with Crippen molar-refractivity contribution in [3.63, 3.8) is 0 Å². The maximum atomic E-state index is 14.3. The van der Waals surface area contributed by atoms with Gasteiger partial charge in [-0.2, -0.15) is 0 Å². The van der Waals surface area contributed by atoms with Crippen LogP contribution < -0.4 is 10.2 Å². The Bertz CT molecular complexity index is 461. The van der Waals surface area contributed by atoms with Crippen LogP contribution in [-0.2, 0) is 6.42 Å². The summed E-state index contributed by atoms with van der Waals surface area (Å²) in [6.07, 6.45) is 7.07. The first kappa shape index (κ1) is 13.7. The highest BCUT2D eigenvalue weighted by Crippen LogP contribution is 2.25. The molecule has 110 valence electrons. The molecule has 3 rings (SSSR count). The predicted octanol–water partition coefficient (Wildman–Crippen LogP) is 2.15. The predicted molar refractivity (Wildman–Crippen MR) is 77.3 cm³/mol. The third-order valence-corrected chi connectivity index (χ3v) is 4.27. The summed E-state index contributed by atoms with van der Waals surface area (Å²) in [5.74, 6) is 0.863. The fourth-order valence-corrected chi connectivity index (χ4v) is 2.91. The van der Waals surface area contributed by atoms with Crippen LogP contribution >= 0.6 is 0 Å². The van der Waals surface area contributed by atoms with Gasteiger partial charge in [0.2, 0.25) is 0 Å². The van der Waals surface area contributed by atoms with Gasteiger partial charge < -0.3 is 10.2 Å². The summed E-state index contributed by atoms with van der Waals surface area (Å²) < 4.78 is 14.3. The van der Waals surface area contributed by atoms with Crippen molar-refractivity contribution in [1.29, 1.82) is 0 Å². The van der Waals surface area contributed by atoms with Gasteiger partial charge in [0.1, 0.15) is 6.33 Å². The molecule has 4 nitrogen and oxygen atoms in total. The number of aromatic nitrogens is 2. The fourth-order valence-electron chi connectivity index (χ4n) is 2.91. The van der Waals surface area contributed by atoms with Crippen molar-refractivity contribution in [2.75, 3.05) is 24.5 Å². The molecule has 0 aromatic carbocycles. The normalized spacial score (nSPS) is 23.1. The maximum absolute atomic E-state index is 14.3. The van der Waals surface area contributed by atoms with Gasteiger partial charge in [0.05, 0.1) is 5.69 Å². The van der Waals surface area contributed by atoms with Gasteiger partial charge in [-0.15, -0.1) is 0 Å². The highest BCUT2D eigenvalue weighted by Gasteiger charge is 2.26. The van der Waals surface area contributed by atoms with Gasteiger partial charge in [-0.3, -0.25) is 0 Å². The number of anilines is 1. The van der Waals surface area contributed by atoms with Gasteiger partial charge in [-0.25, -0.2) is 14.4 Å². The van der Waals surface area contributed by atoms with E-state index in [1.807, 2.05) is 6.92 Å².